The van der Waals surface area contributed by atoms with Gasteiger partial charge in [-0.25, -0.2) is 4.39 Å². The number of benzene rings is 1. The third kappa shape index (κ3) is 3.15. The quantitative estimate of drug-likeness (QED) is 0.875. The number of hydrogen-bond donors (Lipinski definition) is 2. The van der Waals surface area contributed by atoms with Crippen molar-refractivity contribution < 1.29 is 4.39 Å². The lowest BCUT2D eigenvalue weighted by Gasteiger charge is -2.32. The van der Waals surface area contributed by atoms with Crippen LogP contribution in [0.1, 0.15) is 43.6 Å². The molecule has 2 fully saturated rings. The van der Waals surface area contributed by atoms with Crippen LogP contribution in [0.15, 0.2) is 30.3 Å². The third-order valence-corrected chi connectivity index (χ3v) is 4.63. The van der Waals surface area contributed by atoms with Crippen molar-refractivity contribution in [2.24, 2.45) is 5.73 Å². The van der Waals surface area contributed by atoms with Crippen molar-refractivity contribution in [1.29, 1.82) is 0 Å². The van der Waals surface area contributed by atoms with Gasteiger partial charge in [-0.05, 0) is 37.7 Å². The van der Waals surface area contributed by atoms with Gasteiger partial charge in [0, 0.05) is 24.5 Å². The van der Waals surface area contributed by atoms with Gasteiger partial charge in [-0.2, -0.15) is 0 Å². The zero-order valence-electron chi connectivity index (χ0n) is 11.3. The average molecular weight is 262 g/mol. The molecule has 1 aromatic carbocycles. The van der Waals surface area contributed by atoms with Crippen LogP contribution < -0.4 is 11.1 Å². The molecule has 0 heterocycles. The fourth-order valence-corrected chi connectivity index (χ4v) is 3.14. The van der Waals surface area contributed by atoms with E-state index in [1.165, 1.54) is 5.56 Å². The second kappa shape index (κ2) is 5.22. The SMILES string of the molecule is NC1CCC(F)(CN[C@@H]2C[C@H]2c2ccccc2)CC1. The Bertz CT molecular complexity index is 412. The lowest BCUT2D eigenvalue weighted by Crippen LogP contribution is -2.43. The van der Waals surface area contributed by atoms with Gasteiger partial charge in [0.15, 0.2) is 0 Å². The van der Waals surface area contributed by atoms with Crippen LogP contribution >= 0.6 is 0 Å². The first-order valence-corrected chi connectivity index (χ1v) is 7.39. The first-order valence-electron chi connectivity index (χ1n) is 7.39. The maximum atomic E-state index is 14.5. The highest BCUT2D eigenvalue weighted by Crippen LogP contribution is 2.41. The van der Waals surface area contributed by atoms with Crippen molar-refractivity contribution in [2.75, 3.05) is 6.54 Å². The molecule has 2 nitrogen and oxygen atoms in total. The van der Waals surface area contributed by atoms with Crippen LogP contribution in [0.5, 0.6) is 0 Å². The average Bonchev–Trinajstić information content (AvgIpc) is 3.21. The minimum absolute atomic E-state index is 0.210. The van der Waals surface area contributed by atoms with E-state index in [0.29, 0.717) is 31.3 Å². The monoisotopic (exact) mass is 262 g/mol. The summed E-state index contributed by atoms with van der Waals surface area (Å²) in [5, 5.41) is 3.41. The van der Waals surface area contributed by atoms with E-state index in [-0.39, 0.29) is 6.04 Å². The van der Waals surface area contributed by atoms with Gasteiger partial charge in [0.1, 0.15) is 5.67 Å². The second-order valence-corrected chi connectivity index (χ2v) is 6.23. The lowest BCUT2D eigenvalue weighted by atomic mass is 9.84. The summed E-state index contributed by atoms with van der Waals surface area (Å²) in [6, 6.07) is 11.2. The van der Waals surface area contributed by atoms with E-state index in [1.807, 2.05) is 6.07 Å². The molecule has 0 bridgehead atoms. The van der Waals surface area contributed by atoms with Crippen LogP contribution in [-0.4, -0.2) is 24.3 Å². The number of nitrogens with two attached hydrogens (primary N) is 1. The molecule has 3 N–H and O–H groups in total. The van der Waals surface area contributed by atoms with Crippen molar-refractivity contribution >= 4 is 0 Å². The zero-order valence-corrected chi connectivity index (χ0v) is 11.3. The lowest BCUT2D eigenvalue weighted by molar-refractivity contribution is 0.0973. The molecular weight excluding hydrogens is 239 g/mol. The van der Waals surface area contributed by atoms with E-state index < -0.39 is 5.67 Å². The first kappa shape index (κ1) is 13.1. The molecule has 0 saturated heterocycles. The number of hydrogen-bond acceptors (Lipinski definition) is 2. The first-order chi connectivity index (χ1) is 9.16. The minimum atomic E-state index is -1.03. The summed E-state index contributed by atoms with van der Waals surface area (Å²) in [5.41, 5.74) is 6.18. The number of alkyl halides is 1. The van der Waals surface area contributed by atoms with Gasteiger partial charge in [-0.1, -0.05) is 30.3 Å². The molecule has 2 aliphatic rings. The summed E-state index contributed by atoms with van der Waals surface area (Å²) in [4.78, 5) is 0. The highest BCUT2D eigenvalue weighted by atomic mass is 19.1. The minimum Gasteiger partial charge on any atom is -0.328 e. The van der Waals surface area contributed by atoms with Gasteiger partial charge in [0.25, 0.3) is 0 Å². The molecule has 2 saturated carbocycles. The molecule has 0 aliphatic heterocycles. The van der Waals surface area contributed by atoms with Crippen molar-refractivity contribution in [3.63, 3.8) is 0 Å². The summed E-state index contributed by atoms with van der Waals surface area (Å²) in [7, 11) is 0. The van der Waals surface area contributed by atoms with Crippen molar-refractivity contribution in [1.82, 2.24) is 5.32 Å². The second-order valence-electron chi connectivity index (χ2n) is 6.23. The van der Waals surface area contributed by atoms with Gasteiger partial charge in [-0.15, -0.1) is 0 Å². The summed E-state index contributed by atoms with van der Waals surface area (Å²) < 4.78 is 14.5. The molecule has 19 heavy (non-hydrogen) atoms. The number of halogens is 1. The molecule has 0 amide bonds. The predicted octanol–water partition coefficient (Wildman–Crippen LogP) is 2.74. The molecule has 0 radical (unpaired) electrons. The van der Waals surface area contributed by atoms with E-state index in [2.05, 4.69) is 29.6 Å². The van der Waals surface area contributed by atoms with Gasteiger partial charge in [0.05, 0.1) is 0 Å². The molecule has 104 valence electrons. The highest BCUT2D eigenvalue weighted by Gasteiger charge is 2.41. The molecule has 3 heteroatoms. The fourth-order valence-electron chi connectivity index (χ4n) is 3.14. The molecule has 1 aromatic rings. The Morgan fingerprint density at radius 3 is 2.58 bits per heavy atom. The Hall–Kier alpha value is -0.930. The maximum absolute atomic E-state index is 14.5. The van der Waals surface area contributed by atoms with E-state index in [9.17, 15) is 4.39 Å². The Morgan fingerprint density at radius 2 is 1.89 bits per heavy atom. The van der Waals surface area contributed by atoms with E-state index in [0.717, 1.165) is 19.3 Å². The van der Waals surface area contributed by atoms with Gasteiger partial charge >= 0.3 is 0 Å². The van der Waals surface area contributed by atoms with Crippen molar-refractivity contribution in [2.45, 2.75) is 55.8 Å². The molecule has 0 spiro atoms. The van der Waals surface area contributed by atoms with Crippen LogP contribution in [0.2, 0.25) is 0 Å². The Morgan fingerprint density at radius 1 is 1.21 bits per heavy atom. The summed E-state index contributed by atoms with van der Waals surface area (Å²) in [5.74, 6) is 0.579. The molecule has 2 atom stereocenters. The smallest absolute Gasteiger partial charge is 0.123 e. The van der Waals surface area contributed by atoms with Crippen molar-refractivity contribution in [3.05, 3.63) is 35.9 Å². The van der Waals surface area contributed by atoms with E-state index in [1.54, 1.807) is 0 Å². The topological polar surface area (TPSA) is 38.0 Å². The Kier molecular flexibility index (Phi) is 3.59. The van der Waals surface area contributed by atoms with Crippen molar-refractivity contribution in [3.8, 4) is 0 Å². The zero-order chi connectivity index (χ0) is 13.3. The normalized spacial score (nSPS) is 38.1. The van der Waals surface area contributed by atoms with Gasteiger partial charge in [0.2, 0.25) is 0 Å². The van der Waals surface area contributed by atoms with Crippen LogP contribution in [0.25, 0.3) is 0 Å². The number of rotatable bonds is 4. The van der Waals surface area contributed by atoms with Crippen LogP contribution in [0.4, 0.5) is 4.39 Å². The van der Waals surface area contributed by atoms with E-state index in [4.69, 9.17) is 5.73 Å². The Labute approximate surface area is 114 Å². The summed E-state index contributed by atoms with van der Waals surface area (Å²) in [6.45, 7) is 0.494. The van der Waals surface area contributed by atoms with Crippen LogP contribution in [-0.2, 0) is 0 Å². The number of nitrogens with one attached hydrogen (secondary N) is 1. The van der Waals surface area contributed by atoms with Gasteiger partial charge < -0.3 is 11.1 Å². The molecule has 0 aromatic heterocycles. The largest absolute Gasteiger partial charge is 0.328 e. The molecule has 0 unspecified atom stereocenters. The predicted molar refractivity (Wildman–Crippen MR) is 75.9 cm³/mol. The summed E-state index contributed by atoms with van der Waals surface area (Å²) >= 11 is 0. The molecule has 3 rings (SSSR count). The molecule has 2 aliphatic carbocycles. The standard InChI is InChI=1S/C16H23FN2/c17-16(8-6-13(18)7-9-16)11-19-15-10-14(15)12-4-2-1-3-5-12/h1-5,13-15,19H,6-11,18H2/t13?,14-,15+,16?/m0/s1. The third-order valence-electron chi connectivity index (χ3n) is 4.63. The summed E-state index contributed by atoms with van der Waals surface area (Å²) in [6.07, 6.45) is 4.02. The highest BCUT2D eigenvalue weighted by molar-refractivity contribution is 5.27. The Balaban J connectivity index is 1.47. The maximum Gasteiger partial charge on any atom is 0.123 e. The molecular formula is C16H23FN2. The van der Waals surface area contributed by atoms with Gasteiger partial charge in [-0.3, -0.25) is 0 Å². The fraction of sp³-hybridized carbons (Fsp3) is 0.625. The van der Waals surface area contributed by atoms with Crippen LogP contribution in [0.3, 0.4) is 0 Å². The van der Waals surface area contributed by atoms with Crippen LogP contribution in [0, 0.1) is 0 Å². The van der Waals surface area contributed by atoms with E-state index >= 15 is 0 Å².